The Morgan fingerprint density at radius 3 is 2.59 bits per heavy atom. The van der Waals surface area contributed by atoms with E-state index in [4.69, 9.17) is 14.2 Å². The molecule has 0 saturated carbocycles. The van der Waals surface area contributed by atoms with Crippen LogP contribution in [0.25, 0.3) is 5.57 Å². The monoisotopic (exact) mass is 375 g/mol. The van der Waals surface area contributed by atoms with Crippen molar-refractivity contribution >= 4 is 23.3 Å². The van der Waals surface area contributed by atoms with Gasteiger partial charge in [-0.3, -0.25) is 4.90 Å². The summed E-state index contributed by atoms with van der Waals surface area (Å²) in [7, 11) is 0. The van der Waals surface area contributed by atoms with Crippen molar-refractivity contribution in [3.8, 4) is 5.75 Å². The van der Waals surface area contributed by atoms with Crippen LogP contribution in [0.5, 0.6) is 5.75 Å². The lowest BCUT2D eigenvalue weighted by Gasteiger charge is -2.32. The van der Waals surface area contributed by atoms with Crippen molar-refractivity contribution in [1.82, 2.24) is 0 Å². The van der Waals surface area contributed by atoms with Gasteiger partial charge in [0.15, 0.2) is 0 Å². The summed E-state index contributed by atoms with van der Waals surface area (Å²) in [5, 5.41) is 0. The van der Waals surface area contributed by atoms with E-state index in [1.807, 2.05) is 52.8 Å². The average molecular weight is 375 g/mol. The highest BCUT2D eigenvalue weighted by molar-refractivity contribution is 5.94. The molecule has 1 aliphatic rings. The summed E-state index contributed by atoms with van der Waals surface area (Å²) in [6, 6.07) is 5.57. The Bertz CT molecular complexity index is 731. The molecular weight excluding hydrogens is 346 g/mol. The number of fused-ring (bicyclic) bond motifs is 1. The number of carbonyl (C=O) groups excluding carboxylic acids is 2. The van der Waals surface area contributed by atoms with Crippen LogP contribution in [0.3, 0.4) is 0 Å². The van der Waals surface area contributed by atoms with Gasteiger partial charge in [0, 0.05) is 6.08 Å². The number of benzene rings is 1. The van der Waals surface area contributed by atoms with Crippen molar-refractivity contribution in [2.24, 2.45) is 5.92 Å². The van der Waals surface area contributed by atoms with Gasteiger partial charge in [-0.25, -0.2) is 9.59 Å². The molecule has 1 aromatic rings. The first-order valence-corrected chi connectivity index (χ1v) is 9.28. The van der Waals surface area contributed by atoms with E-state index < -0.39 is 11.7 Å². The molecule has 6 nitrogen and oxygen atoms in total. The van der Waals surface area contributed by atoms with Crippen LogP contribution in [-0.2, 0) is 14.3 Å². The molecule has 0 bridgehead atoms. The third-order valence-corrected chi connectivity index (χ3v) is 3.95. The van der Waals surface area contributed by atoms with Crippen LogP contribution in [0, 0.1) is 5.92 Å². The zero-order valence-electron chi connectivity index (χ0n) is 17.0. The van der Waals surface area contributed by atoms with Gasteiger partial charge in [0.05, 0.1) is 18.8 Å². The predicted octanol–water partition coefficient (Wildman–Crippen LogP) is 4.42. The van der Waals surface area contributed by atoms with Crippen LogP contribution >= 0.6 is 0 Å². The van der Waals surface area contributed by atoms with Crippen molar-refractivity contribution in [3.05, 3.63) is 29.8 Å². The first-order chi connectivity index (χ1) is 12.6. The van der Waals surface area contributed by atoms with E-state index in [1.165, 1.54) is 6.08 Å². The Kier molecular flexibility index (Phi) is 6.52. The van der Waals surface area contributed by atoms with Crippen molar-refractivity contribution in [1.29, 1.82) is 0 Å². The molecule has 27 heavy (non-hydrogen) atoms. The van der Waals surface area contributed by atoms with Gasteiger partial charge in [-0.1, -0.05) is 19.9 Å². The minimum Gasteiger partial charge on any atom is -0.490 e. The molecule has 0 fully saturated rings. The molecule has 1 aliphatic heterocycles. The van der Waals surface area contributed by atoms with Gasteiger partial charge in [-0.15, -0.1) is 0 Å². The maximum atomic E-state index is 12.5. The molecule has 0 aliphatic carbocycles. The Hall–Kier alpha value is -2.50. The largest absolute Gasteiger partial charge is 0.490 e. The molecule has 1 amide bonds. The molecule has 1 heterocycles. The van der Waals surface area contributed by atoms with E-state index in [2.05, 4.69) is 0 Å². The fourth-order valence-electron chi connectivity index (χ4n) is 2.80. The summed E-state index contributed by atoms with van der Waals surface area (Å²) in [5.41, 5.74) is 1.82. The topological polar surface area (TPSA) is 65.1 Å². The quantitative estimate of drug-likeness (QED) is 0.576. The molecule has 0 N–H and O–H groups in total. The average Bonchev–Trinajstić information content (AvgIpc) is 2.57. The van der Waals surface area contributed by atoms with E-state index in [-0.39, 0.29) is 11.9 Å². The molecule has 0 atom stereocenters. The number of anilines is 1. The smallest absolute Gasteiger partial charge is 0.415 e. The number of nitrogens with zero attached hydrogens (tertiary/aromatic N) is 1. The van der Waals surface area contributed by atoms with Gasteiger partial charge < -0.3 is 14.2 Å². The highest BCUT2D eigenvalue weighted by Gasteiger charge is 2.28. The molecule has 0 unspecified atom stereocenters. The fraction of sp³-hybridized carbons (Fsp3) is 0.524. The Morgan fingerprint density at radius 1 is 1.30 bits per heavy atom. The number of carbonyl (C=O) groups is 2. The Labute approximate surface area is 161 Å². The lowest BCUT2D eigenvalue weighted by atomic mass is 9.94. The minimum atomic E-state index is -0.567. The fourth-order valence-corrected chi connectivity index (χ4v) is 2.80. The molecule has 0 spiro atoms. The molecular formula is C21H29NO5. The SMILES string of the molecule is CCOC(=O)C=C(c1ccc2c(c1)OCCN2C(=O)OC(C)(C)C)C(C)C. The first-order valence-electron chi connectivity index (χ1n) is 9.28. The highest BCUT2D eigenvalue weighted by atomic mass is 16.6. The van der Waals surface area contributed by atoms with Gasteiger partial charge >= 0.3 is 12.1 Å². The van der Waals surface area contributed by atoms with Crippen LogP contribution in [0.2, 0.25) is 0 Å². The minimum absolute atomic E-state index is 0.123. The highest BCUT2D eigenvalue weighted by Crippen LogP contribution is 2.36. The maximum Gasteiger partial charge on any atom is 0.415 e. The summed E-state index contributed by atoms with van der Waals surface area (Å²) >= 11 is 0. The third kappa shape index (κ3) is 5.49. The maximum absolute atomic E-state index is 12.5. The van der Waals surface area contributed by atoms with Crippen LogP contribution in [0.1, 0.15) is 47.1 Å². The van der Waals surface area contributed by atoms with Crippen LogP contribution < -0.4 is 9.64 Å². The predicted molar refractivity (Wildman–Crippen MR) is 105 cm³/mol. The van der Waals surface area contributed by atoms with Crippen molar-refractivity contribution in [3.63, 3.8) is 0 Å². The number of ether oxygens (including phenoxy) is 3. The molecule has 0 radical (unpaired) electrons. The van der Waals surface area contributed by atoms with Crippen molar-refractivity contribution < 1.29 is 23.8 Å². The molecule has 6 heteroatoms. The molecule has 148 valence electrons. The number of amides is 1. The lowest BCUT2D eigenvalue weighted by Crippen LogP contribution is -2.41. The molecule has 2 rings (SSSR count). The summed E-state index contributed by atoms with van der Waals surface area (Å²) < 4.78 is 16.3. The molecule has 0 saturated heterocycles. The van der Waals surface area contributed by atoms with Gasteiger partial charge in [-0.2, -0.15) is 0 Å². The number of allylic oxidation sites excluding steroid dienone is 1. The third-order valence-electron chi connectivity index (χ3n) is 3.95. The first kappa shape index (κ1) is 20.8. The summed E-state index contributed by atoms with van der Waals surface area (Å²) in [5.74, 6) is 0.355. The van der Waals surface area contributed by atoms with E-state index >= 15 is 0 Å². The lowest BCUT2D eigenvalue weighted by molar-refractivity contribution is -0.137. The number of esters is 1. The number of hydrogen-bond acceptors (Lipinski definition) is 5. The van der Waals surface area contributed by atoms with Crippen LogP contribution in [-0.4, -0.2) is 37.4 Å². The van der Waals surface area contributed by atoms with E-state index in [9.17, 15) is 9.59 Å². The van der Waals surface area contributed by atoms with Crippen molar-refractivity contribution in [2.75, 3.05) is 24.7 Å². The van der Waals surface area contributed by atoms with Gasteiger partial charge in [-0.05, 0) is 56.9 Å². The molecule has 1 aromatic carbocycles. The Morgan fingerprint density at radius 2 is 2.00 bits per heavy atom. The van der Waals surface area contributed by atoms with E-state index in [1.54, 1.807) is 11.8 Å². The van der Waals surface area contributed by atoms with Gasteiger partial charge in [0.25, 0.3) is 0 Å². The van der Waals surface area contributed by atoms with Gasteiger partial charge in [0.2, 0.25) is 0 Å². The second-order valence-electron chi connectivity index (χ2n) is 7.67. The van der Waals surface area contributed by atoms with Gasteiger partial charge in [0.1, 0.15) is 18.0 Å². The second-order valence-corrected chi connectivity index (χ2v) is 7.67. The summed E-state index contributed by atoms with van der Waals surface area (Å²) in [6.07, 6.45) is 1.12. The summed E-state index contributed by atoms with van der Waals surface area (Å²) in [4.78, 5) is 26.0. The standard InChI is InChI=1S/C21H29NO5/c1-7-25-19(23)13-16(14(2)3)15-8-9-17-18(12-15)26-11-10-22(17)20(24)27-21(4,5)6/h8-9,12-14H,7,10-11H2,1-6H3. The number of rotatable bonds is 4. The zero-order chi connectivity index (χ0) is 20.2. The second kappa shape index (κ2) is 8.46. The van der Waals surface area contributed by atoms with Crippen molar-refractivity contribution in [2.45, 2.75) is 47.1 Å². The van der Waals surface area contributed by atoms with E-state index in [0.29, 0.717) is 31.2 Å². The Balaban J connectivity index is 2.34. The number of hydrogen-bond donors (Lipinski definition) is 0. The van der Waals surface area contributed by atoms with Crippen LogP contribution in [0.15, 0.2) is 24.3 Å². The zero-order valence-corrected chi connectivity index (χ0v) is 17.0. The summed E-state index contributed by atoms with van der Waals surface area (Å²) in [6.45, 7) is 12.5. The van der Waals surface area contributed by atoms with Crippen LogP contribution in [0.4, 0.5) is 10.5 Å². The van der Waals surface area contributed by atoms with E-state index in [0.717, 1.165) is 11.1 Å². The molecule has 0 aromatic heterocycles. The normalized spacial score (nSPS) is 14.5.